The van der Waals surface area contributed by atoms with Gasteiger partial charge in [0, 0.05) is 24.0 Å². The van der Waals surface area contributed by atoms with E-state index in [9.17, 15) is 14.0 Å². The molecule has 3 rings (SSSR count). The van der Waals surface area contributed by atoms with Crippen LogP contribution in [-0.2, 0) is 16.1 Å². The molecule has 1 atom stereocenters. The van der Waals surface area contributed by atoms with E-state index in [0.29, 0.717) is 17.9 Å². The van der Waals surface area contributed by atoms with Gasteiger partial charge in [0.25, 0.3) is 5.91 Å². The van der Waals surface area contributed by atoms with Gasteiger partial charge in [-0.15, -0.1) is 0 Å². The van der Waals surface area contributed by atoms with Gasteiger partial charge in [0.1, 0.15) is 17.6 Å². The molecule has 0 saturated carbocycles. The summed E-state index contributed by atoms with van der Waals surface area (Å²) in [5.41, 5.74) is 0.344. The first-order valence-electron chi connectivity index (χ1n) is 10.4. The van der Waals surface area contributed by atoms with Gasteiger partial charge >= 0.3 is 0 Å². The second-order valence-electron chi connectivity index (χ2n) is 7.35. The van der Waals surface area contributed by atoms with E-state index in [2.05, 4.69) is 5.32 Å². The predicted octanol–water partition coefficient (Wildman–Crippen LogP) is 4.30. The van der Waals surface area contributed by atoms with Crippen molar-refractivity contribution in [2.45, 2.75) is 32.9 Å². The number of halogens is 1. The van der Waals surface area contributed by atoms with Crippen LogP contribution in [0, 0.1) is 5.82 Å². The quantitative estimate of drug-likeness (QED) is 0.559. The third kappa shape index (κ3) is 5.60. The van der Waals surface area contributed by atoms with E-state index in [1.54, 1.807) is 31.2 Å². The van der Waals surface area contributed by atoms with Crippen LogP contribution in [0.5, 0.6) is 5.75 Å². The highest BCUT2D eigenvalue weighted by atomic mass is 19.1. The first-order chi connectivity index (χ1) is 15.0. The van der Waals surface area contributed by atoms with Crippen molar-refractivity contribution in [3.05, 3.63) is 78.1 Å². The highest BCUT2D eigenvalue weighted by molar-refractivity contribution is 5.90. The lowest BCUT2D eigenvalue weighted by Gasteiger charge is -2.29. The van der Waals surface area contributed by atoms with Crippen molar-refractivity contribution >= 4 is 22.6 Å². The zero-order valence-electron chi connectivity index (χ0n) is 17.8. The summed E-state index contributed by atoms with van der Waals surface area (Å²) in [5, 5.41) is 4.70. The third-order valence-electron chi connectivity index (χ3n) is 5.12. The molecule has 0 aliphatic carbocycles. The van der Waals surface area contributed by atoms with Gasteiger partial charge in [-0.25, -0.2) is 4.39 Å². The Bertz CT molecular complexity index is 1050. The first kappa shape index (κ1) is 22.3. The molecule has 0 saturated heterocycles. The minimum Gasteiger partial charge on any atom is -0.483 e. The molecule has 1 N–H and O–H groups in total. The summed E-state index contributed by atoms with van der Waals surface area (Å²) in [6, 6.07) is 18.8. The number of carbonyl (C=O) groups excluding carboxylic acids is 2. The molecule has 2 amide bonds. The lowest BCUT2D eigenvalue weighted by atomic mass is 10.1. The molecule has 0 unspecified atom stereocenters. The van der Waals surface area contributed by atoms with Gasteiger partial charge in [0.05, 0.1) is 0 Å². The second-order valence-corrected chi connectivity index (χ2v) is 7.35. The Kier molecular flexibility index (Phi) is 7.60. The minimum absolute atomic E-state index is 0.0227. The van der Waals surface area contributed by atoms with Crippen LogP contribution >= 0.6 is 0 Å². The molecule has 0 radical (unpaired) electrons. The van der Waals surface area contributed by atoms with E-state index < -0.39 is 17.8 Å². The maximum Gasteiger partial charge on any atom is 0.261 e. The van der Waals surface area contributed by atoms with Gasteiger partial charge in [-0.05, 0) is 30.9 Å². The van der Waals surface area contributed by atoms with Crippen molar-refractivity contribution < 1.29 is 18.7 Å². The number of benzene rings is 3. The maximum atomic E-state index is 14.2. The number of carbonyl (C=O) groups is 2. The summed E-state index contributed by atoms with van der Waals surface area (Å²) in [7, 11) is 0. The Labute approximate surface area is 181 Å². The Morgan fingerprint density at radius 3 is 2.52 bits per heavy atom. The van der Waals surface area contributed by atoms with Crippen molar-refractivity contribution in [3.63, 3.8) is 0 Å². The van der Waals surface area contributed by atoms with Crippen LogP contribution in [0.15, 0.2) is 66.7 Å². The average Bonchev–Trinajstić information content (AvgIpc) is 2.80. The molecule has 0 aliphatic rings. The Morgan fingerprint density at radius 2 is 1.74 bits per heavy atom. The number of amides is 2. The molecular weight excluding hydrogens is 395 g/mol. The molecule has 6 heteroatoms. The van der Waals surface area contributed by atoms with E-state index in [0.717, 1.165) is 17.2 Å². The first-order valence-corrected chi connectivity index (χ1v) is 10.4. The van der Waals surface area contributed by atoms with E-state index in [1.807, 2.05) is 43.3 Å². The van der Waals surface area contributed by atoms with Crippen LogP contribution in [0.3, 0.4) is 0 Å². The molecular formula is C25H27FN2O3. The molecule has 0 heterocycles. The van der Waals surface area contributed by atoms with Crippen molar-refractivity contribution in [1.82, 2.24) is 10.2 Å². The molecule has 0 aliphatic heterocycles. The van der Waals surface area contributed by atoms with Crippen LogP contribution in [0.1, 0.15) is 25.8 Å². The van der Waals surface area contributed by atoms with Gasteiger partial charge in [-0.2, -0.15) is 0 Å². The van der Waals surface area contributed by atoms with Crippen molar-refractivity contribution in [1.29, 1.82) is 0 Å². The lowest BCUT2D eigenvalue weighted by Crippen LogP contribution is -2.49. The van der Waals surface area contributed by atoms with Crippen molar-refractivity contribution in [2.75, 3.05) is 13.2 Å². The summed E-state index contributed by atoms with van der Waals surface area (Å²) in [5.74, 6) is -0.510. The molecule has 3 aromatic carbocycles. The summed E-state index contributed by atoms with van der Waals surface area (Å²) in [6.45, 7) is 3.82. The fraction of sp³-hybridized carbons (Fsp3) is 0.280. The highest BCUT2D eigenvalue weighted by Crippen LogP contribution is 2.25. The van der Waals surface area contributed by atoms with Gasteiger partial charge in [0.15, 0.2) is 6.61 Å². The lowest BCUT2D eigenvalue weighted by molar-refractivity contribution is -0.142. The molecule has 5 nitrogen and oxygen atoms in total. The zero-order chi connectivity index (χ0) is 22.2. The standard InChI is InChI=1S/C25H27FN2O3/c1-3-15-27-25(30)18(2)28(16-20-10-5-7-13-22(20)26)24(29)17-31-23-14-8-11-19-9-4-6-12-21(19)23/h4-14,18H,3,15-17H2,1-2H3,(H,27,30)/t18-/m1/s1. The molecule has 3 aromatic rings. The largest absolute Gasteiger partial charge is 0.483 e. The molecule has 0 aromatic heterocycles. The summed E-state index contributed by atoms with van der Waals surface area (Å²) in [4.78, 5) is 27.0. The maximum absolute atomic E-state index is 14.2. The van der Waals surface area contributed by atoms with Gasteiger partial charge in [-0.3, -0.25) is 9.59 Å². The number of rotatable bonds is 9. The van der Waals surface area contributed by atoms with Gasteiger partial charge in [0.2, 0.25) is 5.91 Å². The Morgan fingerprint density at radius 1 is 1.03 bits per heavy atom. The number of hydrogen-bond acceptors (Lipinski definition) is 3. The van der Waals surface area contributed by atoms with E-state index in [1.165, 1.54) is 11.0 Å². The molecule has 162 valence electrons. The third-order valence-corrected chi connectivity index (χ3v) is 5.12. The van der Waals surface area contributed by atoms with Crippen LogP contribution in [-0.4, -0.2) is 35.9 Å². The van der Waals surface area contributed by atoms with Crippen molar-refractivity contribution in [2.24, 2.45) is 0 Å². The summed E-state index contributed by atoms with van der Waals surface area (Å²) >= 11 is 0. The number of nitrogens with zero attached hydrogens (tertiary/aromatic N) is 1. The number of nitrogens with one attached hydrogen (secondary N) is 1. The Balaban J connectivity index is 1.79. The number of ether oxygens (including phenoxy) is 1. The number of fused-ring (bicyclic) bond motifs is 1. The van der Waals surface area contributed by atoms with Crippen molar-refractivity contribution in [3.8, 4) is 5.75 Å². The summed E-state index contributed by atoms with van der Waals surface area (Å²) in [6.07, 6.45) is 0.782. The Hall–Kier alpha value is -3.41. The second kappa shape index (κ2) is 10.6. The molecule has 0 bridgehead atoms. The topological polar surface area (TPSA) is 58.6 Å². The monoisotopic (exact) mass is 422 g/mol. The van der Waals surface area contributed by atoms with Gasteiger partial charge < -0.3 is 15.0 Å². The minimum atomic E-state index is -0.769. The van der Waals surface area contributed by atoms with Crippen LogP contribution in [0.25, 0.3) is 10.8 Å². The number of hydrogen-bond donors (Lipinski definition) is 1. The predicted molar refractivity (Wildman–Crippen MR) is 119 cm³/mol. The van der Waals surface area contributed by atoms with Gasteiger partial charge in [-0.1, -0.05) is 61.5 Å². The average molecular weight is 423 g/mol. The SMILES string of the molecule is CCCNC(=O)[C@@H](C)N(Cc1ccccc1F)C(=O)COc1cccc2ccccc12. The summed E-state index contributed by atoms with van der Waals surface area (Å²) < 4.78 is 20.1. The van der Waals surface area contributed by atoms with E-state index >= 15 is 0 Å². The van der Waals surface area contributed by atoms with Crippen LogP contribution in [0.2, 0.25) is 0 Å². The molecule has 0 spiro atoms. The normalized spacial score (nSPS) is 11.7. The fourth-order valence-electron chi connectivity index (χ4n) is 3.33. The molecule has 0 fully saturated rings. The highest BCUT2D eigenvalue weighted by Gasteiger charge is 2.27. The van der Waals surface area contributed by atoms with Crippen LogP contribution < -0.4 is 10.1 Å². The zero-order valence-corrected chi connectivity index (χ0v) is 17.8. The smallest absolute Gasteiger partial charge is 0.261 e. The van der Waals surface area contributed by atoms with E-state index in [-0.39, 0.29) is 19.1 Å². The molecule has 31 heavy (non-hydrogen) atoms. The van der Waals surface area contributed by atoms with E-state index in [4.69, 9.17) is 4.74 Å². The fourth-order valence-corrected chi connectivity index (χ4v) is 3.33. The van der Waals surface area contributed by atoms with Crippen LogP contribution in [0.4, 0.5) is 4.39 Å².